The maximum absolute atomic E-state index is 12.7. The Kier molecular flexibility index (Phi) is 3.74. The summed E-state index contributed by atoms with van der Waals surface area (Å²) in [6, 6.07) is 16.4. The van der Waals surface area contributed by atoms with Crippen LogP contribution in [0.3, 0.4) is 0 Å². The van der Waals surface area contributed by atoms with Crippen LogP contribution in [0.2, 0.25) is 0 Å². The van der Waals surface area contributed by atoms with E-state index in [1.165, 1.54) is 5.56 Å². The van der Waals surface area contributed by atoms with Crippen LogP contribution < -0.4 is 4.90 Å². The van der Waals surface area contributed by atoms with Crippen LogP contribution >= 0.6 is 0 Å². The second kappa shape index (κ2) is 6.03. The number of aromatic nitrogens is 1. The molecule has 2 heterocycles. The zero-order valence-electron chi connectivity index (χ0n) is 13.1. The predicted octanol–water partition coefficient (Wildman–Crippen LogP) is 2.53. The van der Waals surface area contributed by atoms with E-state index in [-0.39, 0.29) is 5.92 Å². The lowest BCUT2D eigenvalue weighted by Gasteiger charge is -2.35. The lowest BCUT2D eigenvalue weighted by molar-refractivity contribution is -0.133. The number of benzene rings is 1. The first-order chi connectivity index (χ1) is 11.3. The van der Waals surface area contributed by atoms with Gasteiger partial charge in [0, 0.05) is 38.3 Å². The summed E-state index contributed by atoms with van der Waals surface area (Å²) >= 11 is 0. The summed E-state index contributed by atoms with van der Waals surface area (Å²) < 4.78 is 0. The normalized spacial score (nSPS) is 23.7. The Labute approximate surface area is 136 Å². The summed E-state index contributed by atoms with van der Waals surface area (Å²) in [4.78, 5) is 21.4. The molecule has 0 spiro atoms. The third-order valence-corrected chi connectivity index (χ3v) is 4.90. The molecular formula is C19H21N3O. The van der Waals surface area contributed by atoms with E-state index in [9.17, 15) is 4.79 Å². The van der Waals surface area contributed by atoms with Crippen LogP contribution in [0.1, 0.15) is 17.9 Å². The molecule has 0 unspecified atom stereocenters. The van der Waals surface area contributed by atoms with Gasteiger partial charge in [-0.15, -0.1) is 0 Å². The number of pyridine rings is 1. The van der Waals surface area contributed by atoms with Crippen LogP contribution in [0, 0.1) is 5.92 Å². The highest BCUT2D eigenvalue weighted by Crippen LogP contribution is 2.48. The average Bonchev–Trinajstić information content (AvgIpc) is 3.44. The fourth-order valence-corrected chi connectivity index (χ4v) is 3.47. The molecule has 4 rings (SSSR count). The van der Waals surface area contributed by atoms with Gasteiger partial charge in [0.2, 0.25) is 5.91 Å². The summed E-state index contributed by atoms with van der Waals surface area (Å²) in [6.45, 7) is 3.33. The van der Waals surface area contributed by atoms with Crippen LogP contribution in [0.5, 0.6) is 0 Å². The topological polar surface area (TPSA) is 36.4 Å². The average molecular weight is 307 g/mol. The molecule has 1 aliphatic heterocycles. The third-order valence-electron chi connectivity index (χ3n) is 4.90. The van der Waals surface area contributed by atoms with Gasteiger partial charge in [-0.1, -0.05) is 36.4 Å². The van der Waals surface area contributed by atoms with E-state index in [1.807, 2.05) is 35.4 Å². The molecule has 1 aromatic heterocycles. The number of carbonyl (C=O) groups excluding carboxylic acids is 1. The molecule has 0 bridgehead atoms. The van der Waals surface area contributed by atoms with Crippen molar-refractivity contribution >= 4 is 11.7 Å². The highest BCUT2D eigenvalue weighted by Gasteiger charge is 2.45. The maximum Gasteiger partial charge on any atom is 0.226 e. The van der Waals surface area contributed by atoms with Crippen molar-refractivity contribution in [2.24, 2.45) is 5.92 Å². The van der Waals surface area contributed by atoms with Gasteiger partial charge in [-0.05, 0) is 30.0 Å². The molecule has 0 radical (unpaired) electrons. The maximum atomic E-state index is 12.7. The highest BCUT2D eigenvalue weighted by atomic mass is 16.2. The van der Waals surface area contributed by atoms with Crippen molar-refractivity contribution in [1.82, 2.24) is 9.88 Å². The number of anilines is 1. The predicted molar refractivity (Wildman–Crippen MR) is 90.3 cm³/mol. The van der Waals surface area contributed by atoms with E-state index < -0.39 is 0 Å². The smallest absolute Gasteiger partial charge is 0.226 e. The van der Waals surface area contributed by atoms with Crippen LogP contribution in [0.4, 0.5) is 5.82 Å². The summed E-state index contributed by atoms with van der Waals surface area (Å²) in [5, 5.41) is 0. The molecular weight excluding hydrogens is 286 g/mol. The van der Waals surface area contributed by atoms with Gasteiger partial charge in [0.15, 0.2) is 0 Å². The lowest BCUT2D eigenvalue weighted by atomic mass is 10.1. The molecule has 2 aromatic rings. The van der Waals surface area contributed by atoms with Crippen LogP contribution in [-0.2, 0) is 4.79 Å². The number of nitrogens with zero attached hydrogens (tertiary/aromatic N) is 3. The van der Waals surface area contributed by atoms with Crippen molar-refractivity contribution < 1.29 is 4.79 Å². The van der Waals surface area contributed by atoms with Crippen LogP contribution in [0.15, 0.2) is 54.7 Å². The van der Waals surface area contributed by atoms with E-state index in [0.717, 1.165) is 38.4 Å². The summed E-state index contributed by atoms with van der Waals surface area (Å²) in [6.07, 6.45) is 2.82. The third kappa shape index (κ3) is 2.93. The van der Waals surface area contributed by atoms with Crippen LogP contribution in [-0.4, -0.2) is 42.0 Å². The standard InChI is InChI=1S/C19H21N3O/c23-19(17-14-16(17)15-6-2-1-3-7-15)22-12-10-21(11-13-22)18-8-4-5-9-20-18/h1-9,16-17H,10-14H2/t16-,17+/m1/s1. The van der Waals surface area contributed by atoms with Crippen molar-refractivity contribution in [2.45, 2.75) is 12.3 Å². The molecule has 1 aliphatic carbocycles. The Morgan fingerprint density at radius 2 is 1.70 bits per heavy atom. The minimum absolute atomic E-state index is 0.193. The molecule has 4 heteroatoms. The molecule has 2 atom stereocenters. The number of rotatable bonds is 3. The number of piperazine rings is 1. The van der Waals surface area contributed by atoms with Crippen molar-refractivity contribution in [3.63, 3.8) is 0 Å². The molecule has 4 nitrogen and oxygen atoms in total. The number of hydrogen-bond acceptors (Lipinski definition) is 3. The monoisotopic (exact) mass is 307 g/mol. The molecule has 1 saturated carbocycles. The number of carbonyl (C=O) groups is 1. The SMILES string of the molecule is O=C([C@H]1C[C@@H]1c1ccccc1)N1CCN(c2ccccn2)CC1. The van der Waals surface area contributed by atoms with E-state index in [0.29, 0.717) is 11.8 Å². The summed E-state index contributed by atoms with van der Waals surface area (Å²) in [5.74, 6) is 1.96. The van der Waals surface area contributed by atoms with Crippen molar-refractivity contribution in [2.75, 3.05) is 31.1 Å². The zero-order valence-corrected chi connectivity index (χ0v) is 13.1. The molecule has 1 amide bonds. The lowest BCUT2D eigenvalue weighted by Crippen LogP contribution is -2.49. The number of hydrogen-bond donors (Lipinski definition) is 0. The molecule has 2 aliphatic rings. The van der Waals surface area contributed by atoms with E-state index in [2.05, 4.69) is 34.1 Å². The van der Waals surface area contributed by atoms with E-state index >= 15 is 0 Å². The Morgan fingerprint density at radius 1 is 0.957 bits per heavy atom. The Morgan fingerprint density at radius 3 is 2.39 bits per heavy atom. The van der Waals surface area contributed by atoms with Gasteiger partial charge in [-0.2, -0.15) is 0 Å². The molecule has 118 valence electrons. The largest absolute Gasteiger partial charge is 0.353 e. The van der Waals surface area contributed by atoms with Gasteiger partial charge in [0.05, 0.1) is 0 Å². The second-order valence-electron chi connectivity index (χ2n) is 6.36. The van der Waals surface area contributed by atoms with Gasteiger partial charge in [-0.25, -0.2) is 4.98 Å². The first-order valence-electron chi connectivity index (χ1n) is 8.32. The van der Waals surface area contributed by atoms with Gasteiger partial charge in [-0.3, -0.25) is 4.79 Å². The van der Waals surface area contributed by atoms with Gasteiger partial charge in [0.1, 0.15) is 5.82 Å². The number of amides is 1. The molecule has 0 N–H and O–H groups in total. The van der Waals surface area contributed by atoms with Crippen LogP contribution in [0.25, 0.3) is 0 Å². The molecule has 1 saturated heterocycles. The van der Waals surface area contributed by atoms with E-state index in [4.69, 9.17) is 0 Å². The fraction of sp³-hybridized carbons (Fsp3) is 0.368. The summed E-state index contributed by atoms with van der Waals surface area (Å²) in [7, 11) is 0. The Hall–Kier alpha value is -2.36. The first-order valence-corrected chi connectivity index (χ1v) is 8.32. The second-order valence-corrected chi connectivity index (χ2v) is 6.36. The highest BCUT2D eigenvalue weighted by molar-refractivity contribution is 5.83. The zero-order chi connectivity index (χ0) is 15.6. The molecule has 2 fully saturated rings. The van der Waals surface area contributed by atoms with Crippen molar-refractivity contribution in [3.8, 4) is 0 Å². The molecule has 1 aromatic carbocycles. The van der Waals surface area contributed by atoms with E-state index in [1.54, 1.807) is 0 Å². The Balaban J connectivity index is 1.34. The minimum Gasteiger partial charge on any atom is -0.353 e. The van der Waals surface area contributed by atoms with Gasteiger partial charge >= 0.3 is 0 Å². The first kappa shape index (κ1) is 14.2. The van der Waals surface area contributed by atoms with Crippen molar-refractivity contribution in [3.05, 3.63) is 60.3 Å². The minimum atomic E-state index is 0.193. The van der Waals surface area contributed by atoms with Gasteiger partial charge < -0.3 is 9.80 Å². The van der Waals surface area contributed by atoms with Crippen molar-refractivity contribution in [1.29, 1.82) is 0 Å². The fourth-order valence-electron chi connectivity index (χ4n) is 3.47. The summed E-state index contributed by atoms with van der Waals surface area (Å²) in [5.41, 5.74) is 1.30. The molecule has 23 heavy (non-hydrogen) atoms. The quantitative estimate of drug-likeness (QED) is 0.874. The Bertz CT molecular complexity index is 666. The van der Waals surface area contributed by atoms with Gasteiger partial charge in [0.25, 0.3) is 0 Å².